The highest BCUT2D eigenvalue weighted by atomic mass is 16.3. The van der Waals surface area contributed by atoms with Crippen LogP contribution >= 0.6 is 0 Å². The number of nitrogens with zero attached hydrogens (tertiary/aromatic N) is 1. The van der Waals surface area contributed by atoms with Crippen LogP contribution in [0.3, 0.4) is 0 Å². The Bertz CT molecular complexity index is 1460. The average Bonchev–Trinajstić information content (AvgIpc) is 3.28. The smallest absolute Gasteiger partial charge is 0.161 e. The number of fused-ring (bicyclic) bond motifs is 9. The zero-order chi connectivity index (χ0) is 16.9. The van der Waals surface area contributed by atoms with E-state index < -0.39 is 0 Å². The largest absolute Gasteiger partial charge is 0.461 e. The molecule has 0 bridgehead atoms. The molecule has 6 aromatic rings. The van der Waals surface area contributed by atoms with E-state index in [9.17, 15) is 0 Å². The number of furan rings is 3. The third-order valence-corrected chi connectivity index (χ3v) is 5.16. The van der Waals surface area contributed by atoms with Gasteiger partial charge in [-0.2, -0.15) is 0 Å². The van der Waals surface area contributed by atoms with E-state index in [1.807, 2.05) is 32.0 Å². The Balaban J connectivity index is 1.89. The van der Waals surface area contributed by atoms with Crippen molar-refractivity contribution in [1.29, 1.82) is 0 Å². The minimum atomic E-state index is 0.862. The van der Waals surface area contributed by atoms with Crippen LogP contribution in [0.4, 0.5) is 0 Å². The highest BCUT2D eigenvalue weighted by Gasteiger charge is 2.21. The van der Waals surface area contributed by atoms with Gasteiger partial charge in [-0.3, -0.25) is 0 Å². The second kappa shape index (κ2) is 4.09. The van der Waals surface area contributed by atoms with Gasteiger partial charge in [-0.25, -0.2) is 0 Å². The molecule has 0 aliphatic heterocycles. The Morgan fingerprint density at radius 3 is 1.96 bits per heavy atom. The van der Waals surface area contributed by atoms with Crippen LogP contribution in [-0.4, -0.2) is 4.57 Å². The molecule has 0 N–H and O–H groups in total. The summed E-state index contributed by atoms with van der Waals surface area (Å²) in [6, 6.07) is 12.4. The van der Waals surface area contributed by atoms with E-state index in [2.05, 4.69) is 29.8 Å². The molecule has 0 saturated heterocycles. The first-order valence-electron chi connectivity index (χ1n) is 8.35. The van der Waals surface area contributed by atoms with Crippen LogP contribution in [0.2, 0.25) is 0 Å². The molecule has 0 unspecified atom stereocenters. The molecule has 122 valence electrons. The minimum Gasteiger partial charge on any atom is -0.461 e. The predicted molar refractivity (Wildman–Crippen MR) is 99.2 cm³/mol. The molecule has 2 aromatic carbocycles. The van der Waals surface area contributed by atoms with E-state index in [0.29, 0.717) is 0 Å². The maximum Gasteiger partial charge on any atom is 0.161 e. The summed E-state index contributed by atoms with van der Waals surface area (Å²) in [5.74, 6) is 1.81. The van der Waals surface area contributed by atoms with Crippen molar-refractivity contribution in [1.82, 2.24) is 4.57 Å². The van der Waals surface area contributed by atoms with Gasteiger partial charge in [0.05, 0.1) is 16.4 Å². The van der Waals surface area contributed by atoms with Crippen molar-refractivity contribution in [2.45, 2.75) is 13.8 Å². The molecule has 6 rings (SSSR count). The van der Waals surface area contributed by atoms with Crippen molar-refractivity contribution < 1.29 is 13.3 Å². The molecule has 4 nitrogen and oxygen atoms in total. The third kappa shape index (κ3) is 1.48. The summed E-state index contributed by atoms with van der Waals surface area (Å²) in [4.78, 5) is 0. The molecule has 0 amide bonds. The molecule has 0 aliphatic rings. The van der Waals surface area contributed by atoms with Crippen molar-refractivity contribution >= 4 is 54.9 Å². The number of benzene rings is 2. The maximum atomic E-state index is 6.36. The summed E-state index contributed by atoms with van der Waals surface area (Å²) in [6.45, 7) is 3.94. The highest BCUT2D eigenvalue weighted by Crippen LogP contribution is 2.41. The number of aryl methyl sites for hydroxylation is 3. The second-order valence-electron chi connectivity index (χ2n) is 6.78. The van der Waals surface area contributed by atoms with Gasteiger partial charge in [0.2, 0.25) is 0 Å². The van der Waals surface area contributed by atoms with Crippen molar-refractivity contribution in [2.24, 2.45) is 7.05 Å². The van der Waals surface area contributed by atoms with Crippen LogP contribution in [0.25, 0.3) is 54.9 Å². The topological polar surface area (TPSA) is 44.4 Å². The number of hydrogen-bond donors (Lipinski definition) is 0. The third-order valence-electron chi connectivity index (χ3n) is 5.16. The second-order valence-corrected chi connectivity index (χ2v) is 6.78. The zero-order valence-electron chi connectivity index (χ0n) is 14.1. The first-order valence-corrected chi connectivity index (χ1v) is 8.35. The molecule has 4 heteroatoms. The van der Waals surface area contributed by atoms with Gasteiger partial charge < -0.3 is 17.8 Å². The molecule has 4 heterocycles. The van der Waals surface area contributed by atoms with Gasteiger partial charge in [0, 0.05) is 23.2 Å². The maximum absolute atomic E-state index is 6.36. The lowest BCUT2D eigenvalue weighted by Crippen LogP contribution is -1.87. The van der Waals surface area contributed by atoms with Crippen molar-refractivity contribution in [3.8, 4) is 0 Å². The average molecular weight is 329 g/mol. The summed E-state index contributed by atoms with van der Waals surface area (Å²) >= 11 is 0. The number of hydrogen-bond acceptors (Lipinski definition) is 3. The highest BCUT2D eigenvalue weighted by molar-refractivity contribution is 6.23. The molecule has 25 heavy (non-hydrogen) atoms. The van der Waals surface area contributed by atoms with E-state index in [4.69, 9.17) is 13.3 Å². The monoisotopic (exact) mass is 329 g/mol. The predicted octanol–water partition coefficient (Wildman–Crippen LogP) is 6.19. The lowest BCUT2D eigenvalue weighted by atomic mass is 10.1. The van der Waals surface area contributed by atoms with Gasteiger partial charge in [0.1, 0.15) is 28.3 Å². The molecule has 0 saturated carbocycles. The molecular formula is C21H15NO3. The quantitative estimate of drug-likeness (QED) is 0.334. The normalized spacial score (nSPS) is 12.6. The summed E-state index contributed by atoms with van der Waals surface area (Å²) in [6.07, 6.45) is 0. The molecule has 0 atom stereocenters. The molecule has 0 radical (unpaired) electrons. The summed E-state index contributed by atoms with van der Waals surface area (Å²) in [5.41, 5.74) is 5.83. The van der Waals surface area contributed by atoms with Crippen molar-refractivity contribution in [3.63, 3.8) is 0 Å². The fraction of sp³-hybridized carbons (Fsp3) is 0.143. The van der Waals surface area contributed by atoms with E-state index in [1.54, 1.807) is 0 Å². The number of rotatable bonds is 0. The molecule has 0 spiro atoms. The van der Waals surface area contributed by atoms with Crippen molar-refractivity contribution in [2.75, 3.05) is 0 Å². The summed E-state index contributed by atoms with van der Waals surface area (Å²) in [5, 5.41) is 4.36. The minimum absolute atomic E-state index is 0.862. The van der Waals surface area contributed by atoms with E-state index in [0.717, 1.165) is 66.4 Å². The van der Waals surface area contributed by atoms with Crippen molar-refractivity contribution in [3.05, 3.63) is 47.9 Å². The Kier molecular flexibility index (Phi) is 2.16. The molecule has 0 aliphatic carbocycles. The molecule has 0 fully saturated rings. The Morgan fingerprint density at radius 1 is 0.640 bits per heavy atom. The fourth-order valence-corrected chi connectivity index (χ4v) is 4.18. The van der Waals surface area contributed by atoms with Gasteiger partial charge in [0.15, 0.2) is 5.58 Å². The lowest BCUT2D eigenvalue weighted by molar-refractivity contribution is 0.578. The Labute approximate surface area is 142 Å². The zero-order valence-corrected chi connectivity index (χ0v) is 14.1. The van der Waals surface area contributed by atoms with Crippen LogP contribution in [-0.2, 0) is 7.05 Å². The first-order chi connectivity index (χ1) is 12.1. The van der Waals surface area contributed by atoms with Crippen LogP contribution in [0, 0.1) is 13.8 Å². The van der Waals surface area contributed by atoms with E-state index >= 15 is 0 Å². The molecule has 4 aromatic heterocycles. The van der Waals surface area contributed by atoms with Crippen LogP contribution < -0.4 is 0 Å². The SMILES string of the molecule is Cc1cc2c(ccc3c2oc2c4ccc5oc(C)cc5c4n(C)c32)o1. The number of aromatic nitrogens is 1. The Morgan fingerprint density at radius 2 is 1.24 bits per heavy atom. The van der Waals surface area contributed by atoms with Gasteiger partial charge in [-0.1, -0.05) is 0 Å². The van der Waals surface area contributed by atoms with Gasteiger partial charge in [-0.15, -0.1) is 0 Å². The van der Waals surface area contributed by atoms with Crippen LogP contribution in [0.1, 0.15) is 11.5 Å². The lowest BCUT2D eigenvalue weighted by Gasteiger charge is -2.00. The van der Waals surface area contributed by atoms with Gasteiger partial charge in [-0.05, 0) is 50.2 Å². The van der Waals surface area contributed by atoms with Crippen LogP contribution in [0.15, 0.2) is 49.6 Å². The molecular weight excluding hydrogens is 314 g/mol. The summed E-state index contributed by atoms with van der Waals surface area (Å²) in [7, 11) is 2.09. The van der Waals surface area contributed by atoms with Gasteiger partial charge in [0.25, 0.3) is 0 Å². The fourth-order valence-electron chi connectivity index (χ4n) is 4.18. The van der Waals surface area contributed by atoms with E-state index in [1.165, 1.54) is 0 Å². The Hall–Kier alpha value is -3.14. The summed E-state index contributed by atoms with van der Waals surface area (Å²) < 4.78 is 20.1. The van der Waals surface area contributed by atoms with E-state index in [-0.39, 0.29) is 0 Å². The van der Waals surface area contributed by atoms with Gasteiger partial charge >= 0.3 is 0 Å². The van der Waals surface area contributed by atoms with Crippen LogP contribution in [0.5, 0.6) is 0 Å². The standard InChI is InChI=1S/C21H15NO3/c1-10-8-14-16(23-10)6-4-12-18(14)22(3)19-13-5-7-17-15(9-11(2)24-17)20(13)25-21(12)19/h4-9H,1-3H3. The first kappa shape index (κ1) is 13.2.